The Bertz CT molecular complexity index is 295. The van der Waals surface area contributed by atoms with Crippen molar-refractivity contribution >= 4 is 11.7 Å². The third-order valence-electron chi connectivity index (χ3n) is 1.76. The van der Waals surface area contributed by atoms with E-state index in [9.17, 15) is 4.79 Å². The number of hydrogen-bond donors (Lipinski definition) is 3. The molecule has 5 N–H and O–H groups in total. The largest absolute Gasteiger partial charge is 0.481 e. The monoisotopic (exact) mass is 180 g/mol. The van der Waals surface area contributed by atoms with E-state index in [1.165, 1.54) is 0 Å². The minimum Gasteiger partial charge on any atom is -0.481 e. The van der Waals surface area contributed by atoms with Crippen molar-refractivity contribution in [3.05, 3.63) is 29.8 Å². The van der Waals surface area contributed by atoms with E-state index in [4.69, 9.17) is 16.6 Å². The van der Waals surface area contributed by atoms with Crippen molar-refractivity contribution in [2.24, 2.45) is 5.73 Å². The molecular formula is C9H12N2O2. The summed E-state index contributed by atoms with van der Waals surface area (Å²) < 4.78 is 0. The van der Waals surface area contributed by atoms with Crippen molar-refractivity contribution in [3.63, 3.8) is 0 Å². The lowest BCUT2D eigenvalue weighted by molar-refractivity contribution is -0.137. The van der Waals surface area contributed by atoms with E-state index in [1.54, 1.807) is 24.3 Å². The van der Waals surface area contributed by atoms with Crippen LogP contribution in [0.4, 0.5) is 5.69 Å². The fourth-order valence-electron chi connectivity index (χ4n) is 1.05. The van der Waals surface area contributed by atoms with Crippen LogP contribution in [0.1, 0.15) is 18.0 Å². The molecule has 0 aliphatic heterocycles. The van der Waals surface area contributed by atoms with Gasteiger partial charge in [0, 0.05) is 11.7 Å². The molecule has 0 bridgehead atoms. The minimum atomic E-state index is -0.899. The van der Waals surface area contributed by atoms with Crippen molar-refractivity contribution in [1.29, 1.82) is 0 Å². The highest BCUT2D eigenvalue weighted by molar-refractivity contribution is 5.67. The van der Waals surface area contributed by atoms with Gasteiger partial charge in [-0.1, -0.05) is 12.1 Å². The number of rotatable bonds is 3. The van der Waals surface area contributed by atoms with Crippen LogP contribution in [0, 0.1) is 0 Å². The molecule has 13 heavy (non-hydrogen) atoms. The number of carboxylic acid groups (broad SMARTS) is 1. The van der Waals surface area contributed by atoms with Gasteiger partial charge in [0.05, 0.1) is 6.42 Å². The molecule has 0 aliphatic rings. The Morgan fingerprint density at radius 2 is 1.92 bits per heavy atom. The van der Waals surface area contributed by atoms with Crippen LogP contribution < -0.4 is 11.5 Å². The lowest BCUT2D eigenvalue weighted by Crippen LogP contribution is -2.14. The highest BCUT2D eigenvalue weighted by atomic mass is 16.4. The quantitative estimate of drug-likeness (QED) is 0.598. The maximum atomic E-state index is 10.3. The fraction of sp³-hybridized carbons (Fsp3) is 0.222. The summed E-state index contributed by atoms with van der Waals surface area (Å²) in [6, 6.07) is 6.43. The van der Waals surface area contributed by atoms with E-state index < -0.39 is 12.0 Å². The maximum absolute atomic E-state index is 10.3. The van der Waals surface area contributed by atoms with Crippen LogP contribution in [0.15, 0.2) is 24.3 Å². The predicted octanol–water partition coefficient (Wildman–Crippen LogP) is 0.743. The zero-order chi connectivity index (χ0) is 9.84. The first-order chi connectivity index (χ1) is 6.09. The molecule has 1 aromatic rings. The van der Waals surface area contributed by atoms with E-state index in [0.717, 1.165) is 5.56 Å². The van der Waals surface area contributed by atoms with Crippen molar-refractivity contribution in [1.82, 2.24) is 0 Å². The van der Waals surface area contributed by atoms with Crippen LogP contribution in [0.25, 0.3) is 0 Å². The molecule has 0 aliphatic carbocycles. The van der Waals surface area contributed by atoms with Gasteiger partial charge in [0.25, 0.3) is 0 Å². The molecule has 1 unspecified atom stereocenters. The van der Waals surface area contributed by atoms with Gasteiger partial charge in [-0.15, -0.1) is 0 Å². The summed E-state index contributed by atoms with van der Waals surface area (Å²) in [6.45, 7) is 0. The van der Waals surface area contributed by atoms with Gasteiger partial charge in [-0.2, -0.15) is 0 Å². The zero-order valence-electron chi connectivity index (χ0n) is 7.10. The molecule has 4 heteroatoms. The molecule has 0 saturated heterocycles. The summed E-state index contributed by atoms with van der Waals surface area (Å²) in [5, 5.41) is 8.50. The number of nitrogens with two attached hydrogens (primary N) is 2. The first kappa shape index (κ1) is 9.54. The molecule has 0 fully saturated rings. The Balaban J connectivity index is 2.71. The lowest BCUT2D eigenvalue weighted by atomic mass is 10.0. The van der Waals surface area contributed by atoms with Gasteiger partial charge in [-0.05, 0) is 17.7 Å². The number of aliphatic carboxylic acids is 1. The van der Waals surface area contributed by atoms with Crippen LogP contribution in [0.3, 0.4) is 0 Å². The third kappa shape index (κ3) is 2.76. The van der Waals surface area contributed by atoms with Gasteiger partial charge in [0.15, 0.2) is 0 Å². The molecule has 1 aromatic carbocycles. The summed E-state index contributed by atoms with van der Waals surface area (Å²) in [5.74, 6) is -0.899. The molecule has 0 amide bonds. The smallest absolute Gasteiger partial charge is 0.305 e. The SMILES string of the molecule is Nc1ccc(C(N)CC(=O)O)cc1. The van der Waals surface area contributed by atoms with Crippen LogP contribution in [0.5, 0.6) is 0 Å². The van der Waals surface area contributed by atoms with E-state index in [-0.39, 0.29) is 6.42 Å². The van der Waals surface area contributed by atoms with E-state index in [1.807, 2.05) is 0 Å². The van der Waals surface area contributed by atoms with Crippen molar-refractivity contribution < 1.29 is 9.90 Å². The summed E-state index contributed by atoms with van der Waals surface area (Å²) in [7, 11) is 0. The van der Waals surface area contributed by atoms with E-state index in [0.29, 0.717) is 5.69 Å². The number of nitrogen functional groups attached to an aromatic ring is 1. The van der Waals surface area contributed by atoms with Crippen LogP contribution in [-0.2, 0) is 4.79 Å². The van der Waals surface area contributed by atoms with Gasteiger partial charge >= 0.3 is 5.97 Å². The second-order valence-corrected chi connectivity index (χ2v) is 2.87. The van der Waals surface area contributed by atoms with E-state index in [2.05, 4.69) is 0 Å². The average Bonchev–Trinajstić information content (AvgIpc) is 2.04. The first-order valence-electron chi connectivity index (χ1n) is 3.92. The normalized spacial score (nSPS) is 12.4. The summed E-state index contributed by atoms with van der Waals surface area (Å²) in [4.78, 5) is 10.3. The van der Waals surface area contributed by atoms with Crippen LogP contribution in [0.2, 0.25) is 0 Å². The highest BCUT2D eigenvalue weighted by Gasteiger charge is 2.09. The maximum Gasteiger partial charge on any atom is 0.305 e. The Labute approximate surface area is 76.2 Å². The third-order valence-corrected chi connectivity index (χ3v) is 1.76. The second-order valence-electron chi connectivity index (χ2n) is 2.87. The van der Waals surface area contributed by atoms with Gasteiger partial charge in [-0.25, -0.2) is 0 Å². The predicted molar refractivity (Wildman–Crippen MR) is 50.0 cm³/mol. The molecule has 0 saturated carbocycles. The minimum absolute atomic E-state index is 0.0656. The average molecular weight is 180 g/mol. The number of carbonyl (C=O) groups is 1. The molecule has 0 radical (unpaired) electrons. The van der Waals surface area contributed by atoms with Crippen LogP contribution in [-0.4, -0.2) is 11.1 Å². The van der Waals surface area contributed by atoms with E-state index >= 15 is 0 Å². The summed E-state index contributed by atoms with van der Waals surface area (Å²) in [6.07, 6.45) is -0.0656. The second kappa shape index (κ2) is 3.91. The van der Waals surface area contributed by atoms with Gasteiger partial charge in [0.1, 0.15) is 0 Å². The molecular weight excluding hydrogens is 168 g/mol. The molecule has 0 heterocycles. The Morgan fingerprint density at radius 3 is 2.38 bits per heavy atom. The highest BCUT2D eigenvalue weighted by Crippen LogP contribution is 2.15. The molecule has 1 atom stereocenters. The van der Waals surface area contributed by atoms with Crippen molar-refractivity contribution in [2.45, 2.75) is 12.5 Å². The summed E-state index contributed by atoms with van der Waals surface area (Å²) in [5.41, 5.74) is 12.5. The molecule has 1 rings (SSSR count). The van der Waals surface area contributed by atoms with Crippen molar-refractivity contribution in [2.75, 3.05) is 5.73 Å². The topological polar surface area (TPSA) is 89.3 Å². The van der Waals surface area contributed by atoms with Crippen LogP contribution >= 0.6 is 0 Å². The van der Waals surface area contributed by atoms with Gasteiger partial charge < -0.3 is 16.6 Å². The number of carboxylic acids is 1. The first-order valence-corrected chi connectivity index (χ1v) is 3.92. The lowest BCUT2D eigenvalue weighted by Gasteiger charge is -2.08. The molecule has 0 spiro atoms. The molecule has 0 aromatic heterocycles. The Morgan fingerprint density at radius 1 is 1.38 bits per heavy atom. The summed E-state index contributed by atoms with van der Waals surface area (Å²) >= 11 is 0. The molecule has 70 valence electrons. The number of benzene rings is 1. The van der Waals surface area contributed by atoms with Gasteiger partial charge in [-0.3, -0.25) is 4.79 Å². The van der Waals surface area contributed by atoms with Gasteiger partial charge in [0.2, 0.25) is 0 Å². The fourth-order valence-corrected chi connectivity index (χ4v) is 1.05. The Kier molecular flexibility index (Phi) is 2.87. The number of anilines is 1. The molecule has 4 nitrogen and oxygen atoms in total. The Hall–Kier alpha value is -1.55. The zero-order valence-corrected chi connectivity index (χ0v) is 7.10. The standard InChI is InChI=1S/C9H12N2O2/c10-7-3-1-6(2-4-7)8(11)5-9(12)13/h1-4,8H,5,10-11H2,(H,12,13). The van der Waals surface area contributed by atoms with Crippen molar-refractivity contribution in [3.8, 4) is 0 Å². The number of hydrogen-bond acceptors (Lipinski definition) is 3.